The summed E-state index contributed by atoms with van der Waals surface area (Å²) in [6.45, 7) is 4.97. The molecule has 1 aliphatic rings. The summed E-state index contributed by atoms with van der Waals surface area (Å²) in [5.41, 5.74) is 1.33. The Morgan fingerprint density at radius 2 is 2.04 bits per heavy atom. The quantitative estimate of drug-likeness (QED) is 0.676. The topological polar surface area (TPSA) is 55.3 Å². The van der Waals surface area contributed by atoms with Crippen LogP contribution in [0.5, 0.6) is 0 Å². The third kappa shape index (κ3) is 4.14. The number of aryl methyl sites for hydroxylation is 1. The third-order valence-electron chi connectivity index (χ3n) is 4.38. The third-order valence-corrected chi connectivity index (χ3v) is 5.72. The molecule has 0 saturated carbocycles. The molecule has 1 saturated heterocycles. The van der Waals surface area contributed by atoms with Crippen molar-refractivity contribution in [1.29, 1.82) is 0 Å². The molecule has 6 heteroatoms. The van der Waals surface area contributed by atoms with E-state index < -0.39 is 0 Å². The molecule has 0 N–H and O–H groups in total. The van der Waals surface area contributed by atoms with Crippen LogP contribution >= 0.6 is 11.8 Å². The van der Waals surface area contributed by atoms with Gasteiger partial charge in [0.1, 0.15) is 0 Å². The highest BCUT2D eigenvalue weighted by molar-refractivity contribution is 8.00. The first-order chi connectivity index (χ1) is 12.3. The van der Waals surface area contributed by atoms with Crippen LogP contribution in [0, 0.1) is 6.92 Å². The van der Waals surface area contributed by atoms with Gasteiger partial charge >= 0.3 is 0 Å². The summed E-state index contributed by atoms with van der Waals surface area (Å²) in [4.78, 5) is 3.76. The molecule has 0 unspecified atom stereocenters. The van der Waals surface area contributed by atoms with Crippen LogP contribution in [0.3, 0.4) is 0 Å². The van der Waals surface area contributed by atoms with Gasteiger partial charge in [0.25, 0.3) is 5.89 Å². The predicted octanol–water partition coefficient (Wildman–Crippen LogP) is 4.39. The summed E-state index contributed by atoms with van der Waals surface area (Å²) in [5.74, 6) is 1.72. The van der Waals surface area contributed by atoms with Crippen molar-refractivity contribution in [3.05, 3.63) is 54.1 Å². The minimum atomic E-state index is 0.449. The summed E-state index contributed by atoms with van der Waals surface area (Å²) >= 11 is 2.00. The Morgan fingerprint density at radius 3 is 2.80 bits per heavy atom. The SMILES string of the molecule is Cc1cccc(SC2CCN(Cc3nnc(-c4ccco4)o3)CC2)c1. The highest BCUT2D eigenvalue weighted by Gasteiger charge is 2.22. The number of nitrogens with zero attached hydrogens (tertiary/aromatic N) is 3. The largest absolute Gasteiger partial charge is 0.459 e. The van der Waals surface area contributed by atoms with Gasteiger partial charge < -0.3 is 8.83 Å². The molecule has 0 spiro atoms. The minimum absolute atomic E-state index is 0.449. The molecule has 3 heterocycles. The van der Waals surface area contributed by atoms with Crippen molar-refractivity contribution in [1.82, 2.24) is 15.1 Å². The monoisotopic (exact) mass is 355 g/mol. The average Bonchev–Trinajstić information content (AvgIpc) is 3.28. The van der Waals surface area contributed by atoms with Gasteiger partial charge in [0.2, 0.25) is 5.89 Å². The summed E-state index contributed by atoms with van der Waals surface area (Å²) in [5, 5.41) is 8.88. The Balaban J connectivity index is 1.29. The lowest BCUT2D eigenvalue weighted by atomic mass is 10.1. The zero-order valence-corrected chi connectivity index (χ0v) is 15.0. The van der Waals surface area contributed by atoms with Crippen molar-refractivity contribution in [3.8, 4) is 11.7 Å². The molecule has 0 bridgehead atoms. The van der Waals surface area contributed by atoms with Crippen molar-refractivity contribution >= 4 is 11.8 Å². The normalized spacial score (nSPS) is 16.4. The highest BCUT2D eigenvalue weighted by atomic mass is 32.2. The van der Waals surface area contributed by atoms with Crippen LogP contribution in [-0.4, -0.2) is 33.4 Å². The number of likely N-dealkylation sites (tertiary alicyclic amines) is 1. The van der Waals surface area contributed by atoms with E-state index in [1.807, 2.05) is 23.9 Å². The van der Waals surface area contributed by atoms with Crippen molar-refractivity contribution in [2.75, 3.05) is 13.1 Å². The molecule has 4 rings (SSSR count). The molecule has 1 fully saturated rings. The van der Waals surface area contributed by atoms with Crippen LogP contribution in [0.15, 0.2) is 56.4 Å². The molecule has 5 nitrogen and oxygen atoms in total. The van der Waals surface area contributed by atoms with E-state index in [2.05, 4.69) is 46.3 Å². The first kappa shape index (κ1) is 16.4. The lowest BCUT2D eigenvalue weighted by Gasteiger charge is -2.30. The fourth-order valence-corrected chi connectivity index (χ4v) is 4.32. The van der Waals surface area contributed by atoms with E-state index in [1.165, 1.54) is 23.3 Å². The van der Waals surface area contributed by atoms with Gasteiger partial charge in [-0.25, -0.2) is 0 Å². The molecule has 130 valence electrons. The van der Waals surface area contributed by atoms with Crippen LogP contribution in [0.2, 0.25) is 0 Å². The lowest BCUT2D eigenvalue weighted by molar-refractivity contribution is 0.205. The first-order valence-electron chi connectivity index (χ1n) is 8.58. The van der Waals surface area contributed by atoms with Crippen LogP contribution in [0.25, 0.3) is 11.7 Å². The standard InChI is InChI=1S/C19H21N3O2S/c1-14-4-2-5-16(12-14)25-15-7-9-22(10-8-15)13-18-20-21-19(24-18)17-6-3-11-23-17/h2-6,11-12,15H,7-10,13H2,1H3. The van der Waals surface area contributed by atoms with Crippen molar-refractivity contribution in [2.24, 2.45) is 0 Å². The van der Waals surface area contributed by atoms with E-state index in [0.29, 0.717) is 29.3 Å². The maximum Gasteiger partial charge on any atom is 0.283 e. The fraction of sp³-hybridized carbons (Fsp3) is 0.368. The van der Waals surface area contributed by atoms with Crippen molar-refractivity contribution in [2.45, 2.75) is 36.5 Å². The van der Waals surface area contributed by atoms with E-state index in [-0.39, 0.29) is 0 Å². The van der Waals surface area contributed by atoms with Gasteiger partial charge in [-0.05, 0) is 57.1 Å². The van der Waals surface area contributed by atoms with Gasteiger partial charge in [-0.15, -0.1) is 22.0 Å². The zero-order valence-electron chi connectivity index (χ0n) is 14.2. The maximum atomic E-state index is 5.70. The molecule has 0 radical (unpaired) electrons. The van der Waals surface area contributed by atoms with E-state index in [4.69, 9.17) is 8.83 Å². The summed E-state index contributed by atoms with van der Waals surface area (Å²) in [6.07, 6.45) is 3.96. The fourth-order valence-electron chi connectivity index (χ4n) is 3.07. The summed E-state index contributed by atoms with van der Waals surface area (Å²) < 4.78 is 11.0. The number of thioether (sulfide) groups is 1. The smallest absolute Gasteiger partial charge is 0.283 e. The van der Waals surface area contributed by atoms with Crippen molar-refractivity contribution < 1.29 is 8.83 Å². The van der Waals surface area contributed by atoms with Gasteiger partial charge in [0.15, 0.2) is 5.76 Å². The number of hydrogen-bond donors (Lipinski definition) is 0. The van der Waals surface area contributed by atoms with E-state index >= 15 is 0 Å². The van der Waals surface area contributed by atoms with Crippen LogP contribution in [0.1, 0.15) is 24.3 Å². The Labute approximate surface area is 151 Å². The minimum Gasteiger partial charge on any atom is -0.459 e. The molecular formula is C19H21N3O2S. The van der Waals surface area contributed by atoms with Gasteiger partial charge in [0.05, 0.1) is 12.8 Å². The van der Waals surface area contributed by atoms with Gasteiger partial charge in [-0.3, -0.25) is 4.90 Å². The molecule has 0 aliphatic carbocycles. The van der Waals surface area contributed by atoms with Crippen LogP contribution in [-0.2, 0) is 6.54 Å². The van der Waals surface area contributed by atoms with Crippen LogP contribution < -0.4 is 0 Å². The van der Waals surface area contributed by atoms with E-state index in [0.717, 1.165) is 13.1 Å². The molecule has 1 aromatic carbocycles. The Bertz CT molecular complexity index is 808. The van der Waals surface area contributed by atoms with Gasteiger partial charge in [-0.2, -0.15) is 0 Å². The van der Waals surface area contributed by atoms with Crippen LogP contribution in [0.4, 0.5) is 0 Å². The Hall–Kier alpha value is -2.05. The maximum absolute atomic E-state index is 5.70. The lowest BCUT2D eigenvalue weighted by Crippen LogP contribution is -2.34. The molecule has 0 atom stereocenters. The zero-order chi connectivity index (χ0) is 17.1. The molecule has 1 aliphatic heterocycles. The van der Waals surface area contributed by atoms with E-state index in [1.54, 1.807) is 6.26 Å². The number of aromatic nitrogens is 2. The summed E-state index contributed by atoms with van der Waals surface area (Å²) in [7, 11) is 0. The van der Waals surface area contributed by atoms with E-state index in [9.17, 15) is 0 Å². The molecule has 25 heavy (non-hydrogen) atoms. The predicted molar refractivity (Wildman–Crippen MR) is 97.3 cm³/mol. The van der Waals surface area contributed by atoms with Crippen molar-refractivity contribution in [3.63, 3.8) is 0 Å². The molecular weight excluding hydrogens is 334 g/mol. The second kappa shape index (κ2) is 7.45. The Kier molecular flexibility index (Phi) is 4.90. The second-order valence-electron chi connectivity index (χ2n) is 6.39. The highest BCUT2D eigenvalue weighted by Crippen LogP contribution is 2.31. The number of hydrogen-bond acceptors (Lipinski definition) is 6. The average molecular weight is 355 g/mol. The molecule has 3 aromatic rings. The second-order valence-corrected chi connectivity index (χ2v) is 7.76. The number of piperidine rings is 1. The summed E-state index contributed by atoms with van der Waals surface area (Å²) in [6, 6.07) is 12.4. The number of rotatable bonds is 5. The molecule has 2 aromatic heterocycles. The molecule has 0 amide bonds. The van der Waals surface area contributed by atoms with Gasteiger partial charge in [-0.1, -0.05) is 17.7 Å². The number of furan rings is 1. The van der Waals surface area contributed by atoms with Gasteiger partial charge in [0, 0.05) is 10.1 Å². The Morgan fingerprint density at radius 1 is 1.16 bits per heavy atom. The first-order valence-corrected chi connectivity index (χ1v) is 9.46. The number of benzene rings is 1.